The van der Waals surface area contributed by atoms with Gasteiger partial charge in [0.2, 0.25) is 0 Å². The Morgan fingerprint density at radius 2 is 2.00 bits per heavy atom. The highest BCUT2D eigenvalue weighted by molar-refractivity contribution is 6.66. The van der Waals surface area contributed by atoms with Gasteiger partial charge in [-0.2, -0.15) is 0 Å². The third-order valence-corrected chi connectivity index (χ3v) is 2.95. The predicted molar refractivity (Wildman–Crippen MR) is 58.0 cm³/mol. The number of benzene rings is 1. The molecule has 0 saturated heterocycles. The van der Waals surface area contributed by atoms with Gasteiger partial charge >= 0.3 is 0 Å². The quantitative estimate of drug-likeness (QED) is 0.748. The topological polar surface area (TPSA) is 23.9 Å². The molecule has 1 N–H and O–H groups in total. The molecule has 0 aromatic heterocycles. The van der Waals surface area contributed by atoms with Gasteiger partial charge in [0.1, 0.15) is 11.0 Å². The Hall–Kier alpha value is -0.600. The van der Waals surface area contributed by atoms with Crippen LogP contribution in [0.1, 0.15) is 19.4 Å². The van der Waals surface area contributed by atoms with Gasteiger partial charge in [-0.3, -0.25) is 5.41 Å². The Kier molecular flexibility index (Phi) is 3.17. The third kappa shape index (κ3) is 2.07. The maximum atomic E-state index is 12.9. The largest absolute Gasteiger partial charge is 0.292 e. The van der Waals surface area contributed by atoms with Crippen molar-refractivity contribution in [1.82, 2.24) is 0 Å². The van der Waals surface area contributed by atoms with Crippen molar-refractivity contribution in [1.29, 1.82) is 5.41 Å². The molecule has 0 spiro atoms. The summed E-state index contributed by atoms with van der Waals surface area (Å²) in [6.45, 7) is 3.57. The van der Waals surface area contributed by atoms with Gasteiger partial charge in [-0.1, -0.05) is 29.3 Å². The molecule has 76 valence electrons. The van der Waals surface area contributed by atoms with E-state index in [0.29, 0.717) is 0 Å². The Labute approximate surface area is 92.3 Å². The standard InChI is InChI=1S/C10H10Cl2FN/c1-10(2,9(12)14)6-3-4-8(13)7(11)5-6/h3-5,14H,1-2H3. The van der Waals surface area contributed by atoms with Gasteiger partial charge in [0.05, 0.1) is 5.02 Å². The molecule has 14 heavy (non-hydrogen) atoms. The van der Waals surface area contributed by atoms with Crippen molar-refractivity contribution in [3.8, 4) is 0 Å². The van der Waals surface area contributed by atoms with Crippen molar-refractivity contribution in [2.24, 2.45) is 0 Å². The van der Waals surface area contributed by atoms with Gasteiger partial charge in [0, 0.05) is 5.41 Å². The van der Waals surface area contributed by atoms with Crippen LogP contribution in [0, 0.1) is 11.2 Å². The first-order valence-corrected chi connectivity index (χ1v) is 4.81. The predicted octanol–water partition coefficient (Wildman–Crippen LogP) is 3.97. The molecule has 0 atom stereocenters. The van der Waals surface area contributed by atoms with Gasteiger partial charge in [-0.15, -0.1) is 0 Å². The molecule has 0 radical (unpaired) electrons. The zero-order chi connectivity index (χ0) is 10.9. The number of rotatable bonds is 2. The average Bonchev–Trinajstić information content (AvgIpc) is 2.09. The van der Waals surface area contributed by atoms with Crippen LogP contribution in [0.25, 0.3) is 0 Å². The maximum absolute atomic E-state index is 12.9. The summed E-state index contributed by atoms with van der Waals surface area (Å²) in [5.74, 6) is -0.465. The third-order valence-electron chi connectivity index (χ3n) is 2.19. The molecular formula is C10H10Cl2FN. The van der Waals surface area contributed by atoms with E-state index in [1.165, 1.54) is 12.1 Å². The summed E-state index contributed by atoms with van der Waals surface area (Å²) in [5.41, 5.74) is 0.0997. The second-order valence-electron chi connectivity index (χ2n) is 3.57. The summed E-state index contributed by atoms with van der Waals surface area (Å²) in [6, 6.07) is 4.35. The summed E-state index contributed by atoms with van der Waals surface area (Å²) in [7, 11) is 0. The fraction of sp³-hybridized carbons (Fsp3) is 0.300. The first-order chi connectivity index (χ1) is 6.35. The number of hydrogen-bond acceptors (Lipinski definition) is 1. The van der Waals surface area contributed by atoms with Gasteiger partial charge in [-0.05, 0) is 31.5 Å². The maximum Gasteiger partial charge on any atom is 0.141 e. The van der Waals surface area contributed by atoms with E-state index in [1.54, 1.807) is 19.9 Å². The minimum absolute atomic E-state index is 0.000162. The zero-order valence-corrected chi connectivity index (χ0v) is 9.38. The fourth-order valence-electron chi connectivity index (χ4n) is 1.01. The van der Waals surface area contributed by atoms with Gasteiger partial charge in [0.15, 0.2) is 0 Å². The number of nitrogens with one attached hydrogen (secondary N) is 1. The lowest BCUT2D eigenvalue weighted by Gasteiger charge is -2.22. The second-order valence-corrected chi connectivity index (χ2v) is 4.35. The van der Waals surface area contributed by atoms with E-state index in [1.807, 2.05) is 0 Å². The molecule has 1 aromatic carbocycles. The molecule has 0 aliphatic rings. The Bertz CT molecular complexity index is 374. The number of halogens is 3. The Morgan fingerprint density at radius 1 is 1.43 bits per heavy atom. The van der Waals surface area contributed by atoms with E-state index in [9.17, 15) is 4.39 Å². The van der Waals surface area contributed by atoms with Crippen LogP contribution in [-0.2, 0) is 5.41 Å². The minimum atomic E-state index is -0.626. The van der Waals surface area contributed by atoms with Crippen molar-refractivity contribution in [3.63, 3.8) is 0 Å². The van der Waals surface area contributed by atoms with Crippen molar-refractivity contribution >= 4 is 28.4 Å². The zero-order valence-electron chi connectivity index (χ0n) is 7.87. The van der Waals surface area contributed by atoms with Gasteiger partial charge in [0.25, 0.3) is 0 Å². The van der Waals surface area contributed by atoms with Crippen LogP contribution < -0.4 is 0 Å². The molecule has 0 bridgehead atoms. The highest BCUT2D eigenvalue weighted by atomic mass is 35.5. The van der Waals surface area contributed by atoms with Crippen LogP contribution >= 0.6 is 23.2 Å². The minimum Gasteiger partial charge on any atom is -0.292 e. The van der Waals surface area contributed by atoms with Crippen molar-refractivity contribution in [2.45, 2.75) is 19.3 Å². The molecule has 0 unspecified atom stereocenters. The summed E-state index contributed by atoms with van der Waals surface area (Å²) in [5, 5.41) is 7.44. The van der Waals surface area contributed by atoms with Crippen molar-refractivity contribution in [3.05, 3.63) is 34.6 Å². The fourth-order valence-corrected chi connectivity index (χ4v) is 1.30. The SMILES string of the molecule is CC(C)(C(=N)Cl)c1ccc(F)c(Cl)c1. The Morgan fingerprint density at radius 3 is 2.43 bits per heavy atom. The molecular weight excluding hydrogens is 224 g/mol. The second kappa shape index (κ2) is 3.87. The molecule has 4 heteroatoms. The van der Waals surface area contributed by atoms with Crippen LogP contribution in [0.15, 0.2) is 18.2 Å². The first-order valence-electron chi connectivity index (χ1n) is 4.05. The smallest absolute Gasteiger partial charge is 0.141 e. The van der Waals surface area contributed by atoms with Crippen LogP contribution in [0.4, 0.5) is 4.39 Å². The van der Waals surface area contributed by atoms with Crippen LogP contribution in [0.2, 0.25) is 5.02 Å². The number of hydrogen-bond donors (Lipinski definition) is 1. The summed E-state index contributed by atoms with van der Waals surface area (Å²) < 4.78 is 12.9. The molecule has 0 aliphatic heterocycles. The normalized spacial score (nSPS) is 11.5. The molecule has 0 amide bonds. The van der Waals surface area contributed by atoms with Gasteiger partial charge in [-0.25, -0.2) is 4.39 Å². The first kappa shape index (κ1) is 11.5. The summed E-state index contributed by atoms with van der Waals surface area (Å²) >= 11 is 11.3. The van der Waals surface area contributed by atoms with E-state index in [-0.39, 0.29) is 10.2 Å². The molecule has 0 fully saturated rings. The average molecular weight is 234 g/mol. The molecule has 1 aromatic rings. The molecule has 0 saturated carbocycles. The lowest BCUT2D eigenvalue weighted by atomic mass is 9.86. The van der Waals surface area contributed by atoms with E-state index >= 15 is 0 Å². The van der Waals surface area contributed by atoms with E-state index in [4.69, 9.17) is 28.6 Å². The summed E-state index contributed by atoms with van der Waals surface area (Å²) in [4.78, 5) is 0. The van der Waals surface area contributed by atoms with Crippen LogP contribution in [0.5, 0.6) is 0 Å². The summed E-state index contributed by atoms with van der Waals surface area (Å²) in [6.07, 6.45) is 0. The lowest BCUT2D eigenvalue weighted by Crippen LogP contribution is -2.24. The van der Waals surface area contributed by atoms with E-state index in [0.717, 1.165) is 5.56 Å². The van der Waals surface area contributed by atoms with E-state index in [2.05, 4.69) is 0 Å². The monoisotopic (exact) mass is 233 g/mol. The van der Waals surface area contributed by atoms with Crippen molar-refractivity contribution in [2.75, 3.05) is 0 Å². The highest BCUT2D eigenvalue weighted by Crippen LogP contribution is 2.29. The lowest BCUT2D eigenvalue weighted by molar-refractivity contribution is 0.624. The van der Waals surface area contributed by atoms with E-state index < -0.39 is 11.2 Å². The van der Waals surface area contributed by atoms with Crippen molar-refractivity contribution < 1.29 is 4.39 Å². The molecule has 1 rings (SSSR count). The highest BCUT2D eigenvalue weighted by Gasteiger charge is 2.25. The Balaban J connectivity index is 3.21. The van der Waals surface area contributed by atoms with Gasteiger partial charge < -0.3 is 0 Å². The van der Waals surface area contributed by atoms with Crippen LogP contribution in [0.3, 0.4) is 0 Å². The van der Waals surface area contributed by atoms with Crippen LogP contribution in [-0.4, -0.2) is 5.17 Å². The molecule has 0 heterocycles. The molecule has 1 nitrogen and oxygen atoms in total. The molecule has 0 aliphatic carbocycles.